The molecule has 1 aromatic rings. The van der Waals surface area contributed by atoms with E-state index in [1.54, 1.807) is 67.7 Å². The van der Waals surface area contributed by atoms with Gasteiger partial charge in [-0.2, -0.15) is 0 Å². The van der Waals surface area contributed by atoms with E-state index in [0.29, 0.717) is 5.75 Å². The van der Waals surface area contributed by atoms with E-state index in [4.69, 9.17) is 18.9 Å². The number of methoxy groups -OCH3 is 1. The summed E-state index contributed by atoms with van der Waals surface area (Å²) in [4.78, 5) is 27.6. The number of nitrogens with zero attached hydrogens (tertiary/aromatic N) is 1. The Hall–Kier alpha value is -3.26. The van der Waals surface area contributed by atoms with Crippen LogP contribution in [-0.2, 0) is 19.0 Å². The van der Waals surface area contributed by atoms with Crippen molar-refractivity contribution < 1.29 is 33.6 Å². The van der Waals surface area contributed by atoms with Crippen LogP contribution < -0.4 is 4.74 Å². The smallest absolute Gasteiger partial charge is 0.418 e. The molecule has 1 N–H and O–H groups in total. The number of Topliss-reactive ketones (excluding diaryl/α,β-unsaturated/α-hetero) is 1. The van der Waals surface area contributed by atoms with Crippen molar-refractivity contribution in [3.05, 3.63) is 65.4 Å². The van der Waals surface area contributed by atoms with Crippen molar-refractivity contribution in [2.75, 3.05) is 7.11 Å². The predicted octanol–water partition coefficient (Wildman–Crippen LogP) is 4.80. The first-order valence-corrected chi connectivity index (χ1v) is 11.7. The van der Waals surface area contributed by atoms with Crippen LogP contribution in [0.3, 0.4) is 0 Å². The molecule has 1 aliphatic carbocycles. The second-order valence-electron chi connectivity index (χ2n) is 10.0. The molecule has 1 heterocycles. The number of carbonyl (C=O) groups is 2. The standard InChI is InChI=1S/C27H35NO7/c1-16(2)33-22-23(29)27(31,24(22)34-17(3)4)21-15-18(19-11-9-10-12-20(19)32-8)13-14-28(21)25(30)35-26(5,6)7/h9-18,31H,1-8H3. The third-order valence-electron chi connectivity index (χ3n) is 5.28. The number of hydrogen-bond acceptors (Lipinski definition) is 7. The first kappa shape index (κ1) is 26.3. The molecule has 2 aliphatic rings. The molecule has 2 unspecified atom stereocenters. The third kappa shape index (κ3) is 5.22. The Kier molecular flexibility index (Phi) is 7.36. The van der Waals surface area contributed by atoms with Gasteiger partial charge in [-0.1, -0.05) is 24.3 Å². The van der Waals surface area contributed by atoms with Crippen molar-refractivity contribution in [1.82, 2.24) is 4.90 Å². The van der Waals surface area contributed by atoms with E-state index in [9.17, 15) is 14.7 Å². The molecule has 35 heavy (non-hydrogen) atoms. The first-order valence-electron chi connectivity index (χ1n) is 11.7. The number of aliphatic hydroxyl groups is 1. The second kappa shape index (κ2) is 9.77. The molecule has 3 rings (SSSR count). The highest BCUT2D eigenvalue weighted by atomic mass is 16.6. The molecule has 2 atom stereocenters. The van der Waals surface area contributed by atoms with Gasteiger partial charge in [0.2, 0.25) is 17.1 Å². The van der Waals surface area contributed by atoms with Crippen LogP contribution in [-0.4, -0.2) is 52.4 Å². The van der Waals surface area contributed by atoms with Gasteiger partial charge in [0.05, 0.1) is 25.0 Å². The average Bonchev–Trinajstić information content (AvgIpc) is 2.78. The number of para-hydroxylation sites is 1. The molecule has 1 amide bonds. The summed E-state index contributed by atoms with van der Waals surface area (Å²) in [5.74, 6) is -0.527. The van der Waals surface area contributed by atoms with Crippen molar-refractivity contribution in [2.45, 2.75) is 77.8 Å². The minimum atomic E-state index is -2.23. The fourth-order valence-corrected chi connectivity index (χ4v) is 3.89. The van der Waals surface area contributed by atoms with Crippen LogP contribution in [0.1, 0.15) is 59.9 Å². The van der Waals surface area contributed by atoms with Gasteiger partial charge in [0.15, 0.2) is 5.76 Å². The summed E-state index contributed by atoms with van der Waals surface area (Å²) in [6.45, 7) is 12.3. The summed E-state index contributed by atoms with van der Waals surface area (Å²) in [5.41, 5.74) is -2.20. The Morgan fingerprint density at radius 2 is 1.71 bits per heavy atom. The summed E-state index contributed by atoms with van der Waals surface area (Å²) in [5, 5.41) is 11.8. The lowest BCUT2D eigenvalue weighted by atomic mass is 9.77. The van der Waals surface area contributed by atoms with Crippen molar-refractivity contribution >= 4 is 11.9 Å². The first-order chi connectivity index (χ1) is 16.3. The Morgan fingerprint density at radius 1 is 1.09 bits per heavy atom. The number of amides is 1. The number of carbonyl (C=O) groups excluding carboxylic acids is 2. The number of benzene rings is 1. The molecule has 8 nitrogen and oxygen atoms in total. The lowest BCUT2D eigenvalue weighted by Crippen LogP contribution is -2.58. The van der Waals surface area contributed by atoms with Gasteiger partial charge in [0.1, 0.15) is 11.4 Å². The van der Waals surface area contributed by atoms with Gasteiger partial charge in [0, 0.05) is 17.7 Å². The molecule has 1 aromatic carbocycles. The molecule has 190 valence electrons. The summed E-state index contributed by atoms with van der Waals surface area (Å²) < 4.78 is 22.6. The number of rotatable bonds is 7. The lowest BCUT2D eigenvalue weighted by Gasteiger charge is -2.44. The topological polar surface area (TPSA) is 94.5 Å². The molecule has 0 saturated heterocycles. The minimum absolute atomic E-state index is 0.0157. The van der Waals surface area contributed by atoms with E-state index in [1.807, 2.05) is 24.3 Å². The lowest BCUT2D eigenvalue weighted by molar-refractivity contribution is -0.147. The van der Waals surface area contributed by atoms with Crippen LogP contribution >= 0.6 is 0 Å². The number of hydrogen-bond donors (Lipinski definition) is 1. The molecular weight excluding hydrogens is 450 g/mol. The zero-order valence-corrected chi connectivity index (χ0v) is 21.6. The second-order valence-corrected chi connectivity index (χ2v) is 10.0. The Morgan fingerprint density at radius 3 is 2.29 bits per heavy atom. The summed E-state index contributed by atoms with van der Waals surface area (Å²) in [7, 11) is 1.57. The fraction of sp³-hybridized carbons (Fsp3) is 0.481. The van der Waals surface area contributed by atoms with E-state index >= 15 is 0 Å². The van der Waals surface area contributed by atoms with Gasteiger partial charge in [-0.05, 0) is 60.6 Å². The highest BCUT2D eigenvalue weighted by molar-refractivity contribution is 6.13. The van der Waals surface area contributed by atoms with Gasteiger partial charge in [-0.15, -0.1) is 0 Å². The summed E-state index contributed by atoms with van der Waals surface area (Å²) >= 11 is 0. The van der Waals surface area contributed by atoms with Gasteiger partial charge >= 0.3 is 6.09 Å². The average molecular weight is 486 g/mol. The molecule has 0 fully saturated rings. The zero-order valence-electron chi connectivity index (χ0n) is 21.6. The van der Waals surface area contributed by atoms with Crippen molar-refractivity contribution in [1.29, 1.82) is 0 Å². The fourth-order valence-electron chi connectivity index (χ4n) is 3.89. The van der Waals surface area contributed by atoms with E-state index in [0.717, 1.165) is 10.5 Å². The number of ether oxygens (including phenoxy) is 4. The predicted molar refractivity (Wildman–Crippen MR) is 130 cm³/mol. The maximum absolute atomic E-state index is 13.3. The SMILES string of the molecule is COc1ccccc1C1C=CN(C(=O)OC(C)(C)C)C(C2(O)C(=O)C(OC(C)C)=C2OC(C)C)=C1. The number of ketones is 1. The minimum Gasteiger partial charge on any atom is -0.496 e. The van der Waals surface area contributed by atoms with Crippen molar-refractivity contribution in [3.63, 3.8) is 0 Å². The van der Waals surface area contributed by atoms with E-state index in [1.165, 1.54) is 6.20 Å². The molecular formula is C27H35NO7. The maximum Gasteiger partial charge on any atom is 0.418 e. The van der Waals surface area contributed by atoms with Gasteiger partial charge < -0.3 is 24.1 Å². The van der Waals surface area contributed by atoms with Crippen molar-refractivity contribution in [3.8, 4) is 5.75 Å². The Bertz CT molecular complexity index is 1080. The van der Waals surface area contributed by atoms with E-state index < -0.39 is 29.0 Å². The van der Waals surface area contributed by atoms with Gasteiger partial charge in [-0.3, -0.25) is 9.69 Å². The van der Waals surface area contributed by atoms with Crippen molar-refractivity contribution in [2.24, 2.45) is 0 Å². The zero-order chi connectivity index (χ0) is 26.1. The summed E-state index contributed by atoms with van der Waals surface area (Å²) in [6, 6.07) is 7.42. The number of allylic oxidation sites excluding steroid dienone is 2. The normalized spacial score (nSPS) is 22.3. The highest BCUT2D eigenvalue weighted by Crippen LogP contribution is 2.47. The monoisotopic (exact) mass is 485 g/mol. The van der Waals surface area contributed by atoms with E-state index in [2.05, 4.69) is 0 Å². The quantitative estimate of drug-likeness (QED) is 0.593. The molecule has 0 saturated carbocycles. The molecule has 8 heteroatoms. The molecule has 0 spiro atoms. The highest BCUT2D eigenvalue weighted by Gasteiger charge is 2.62. The van der Waals surface area contributed by atoms with Gasteiger partial charge in [-0.25, -0.2) is 4.79 Å². The molecule has 0 radical (unpaired) electrons. The van der Waals surface area contributed by atoms with E-state index in [-0.39, 0.29) is 29.4 Å². The van der Waals surface area contributed by atoms with Crippen LogP contribution in [0.25, 0.3) is 0 Å². The molecule has 1 aliphatic heterocycles. The molecule has 0 aromatic heterocycles. The Labute approximate surface area is 206 Å². The van der Waals surface area contributed by atoms with Crippen LogP contribution in [0.2, 0.25) is 0 Å². The Balaban J connectivity index is 2.16. The largest absolute Gasteiger partial charge is 0.496 e. The van der Waals surface area contributed by atoms with Crippen LogP contribution in [0.5, 0.6) is 5.75 Å². The third-order valence-corrected chi connectivity index (χ3v) is 5.28. The van der Waals surface area contributed by atoms with Crippen LogP contribution in [0.15, 0.2) is 59.8 Å². The van der Waals surface area contributed by atoms with Crippen LogP contribution in [0.4, 0.5) is 4.79 Å². The van der Waals surface area contributed by atoms with Crippen LogP contribution in [0, 0.1) is 0 Å². The molecule has 0 bridgehead atoms. The summed E-state index contributed by atoms with van der Waals surface area (Å²) in [6.07, 6.45) is 3.52. The van der Waals surface area contributed by atoms with Gasteiger partial charge in [0.25, 0.3) is 0 Å². The maximum atomic E-state index is 13.3.